The van der Waals surface area contributed by atoms with Crippen LogP contribution in [0.25, 0.3) is 10.9 Å². The van der Waals surface area contributed by atoms with E-state index in [1.165, 1.54) is 11.3 Å². The van der Waals surface area contributed by atoms with Crippen molar-refractivity contribution in [3.05, 3.63) is 47.5 Å². The van der Waals surface area contributed by atoms with Crippen molar-refractivity contribution in [1.29, 1.82) is 0 Å². The number of thiophene rings is 1. The second-order valence-electron chi connectivity index (χ2n) is 5.82. The Hall–Kier alpha value is -2.67. The number of nitrogens with zero attached hydrogens (tertiary/aromatic N) is 2. The molecule has 2 heterocycles. The Kier molecular flexibility index (Phi) is 3.78. The van der Waals surface area contributed by atoms with Crippen LogP contribution in [0, 0.1) is 0 Å². The van der Waals surface area contributed by atoms with Crippen LogP contribution < -0.4 is 10.6 Å². The molecule has 1 saturated carbocycles. The second kappa shape index (κ2) is 6.09. The van der Waals surface area contributed by atoms with E-state index in [1.54, 1.807) is 22.3 Å². The van der Waals surface area contributed by atoms with Crippen molar-refractivity contribution < 1.29 is 9.59 Å². The van der Waals surface area contributed by atoms with E-state index in [9.17, 15) is 9.59 Å². The second-order valence-corrected chi connectivity index (χ2v) is 6.74. The lowest BCUT2D eigenvalue weighted by Gasteiger charge is -2.07. The quantitative estimate of drug-likeness (QED) is 0.750. The molecule has 0 bridgehead atoms. The fraction of sp³-hybridized carbons (Fsp3) is 0.235. The van der Waals surface area contributed by atoms with Crippen LogP contribution in [-0.4, -0.2) is 27.6 Å². The van der Waals surface area contributed by atoms with Crippen molar-refractivity contribution in [2.24, 2.45) is 0 Å². The summed E-state index contributed by atoms with van der Waals surface area (Å²) in [4.78, 5) is 24.5. The molecule has 0 atom stereocenters. The third-order valence-corrected chi connectivity index (χ3v) is 4.75. The molecule has 1 aliphatic rings. The number of fused-ring (bicyclic) bond motifs is 1. The lowest BCUT2D eigenvalue weighted by Crippen LogP contribution is -2.26. The van der Waals surface area contributed by atoms with E-state index in [4.69, 9.17) is 0 Å². The Morgan fingerprint density at radius 3 is 2.92 bits per heavy atom. The smallest absolute Gasteiger partial charge is 0.254 e. The molecule has 2 aromatic heterocycles. The van der Waals surface area contributed by atoms with Gasteiger partial charge in [0.25, 0.3) is 5.91 Å². The maximum Gasteiger partial charge on any atom is 0.254 e. The zero-order valence-corrected chi connectivity index (χ0v) is 13.7. The summed E-state index contributed by atoms with van der Waals surface area (Å²) in [6.45, 7) is 0.106. The first-order valence-electron chi connectivity index (χ1n) is 7.79. The Labute approximate surface area is 142 Å². The van der Waals surface area contributed by atoms with Crippen LogP contribution in [0.2, 0.25) is 0 Å². The predicted octanol–water partition coefficient (Wildman–Crippen LogP) is 2.63. The van der Waals surface area contributed by atoms with Crippen LogP contribution in [0.15, 0.2) is 41.9 Å². The number of carbonyl (C=O) groups is 2. The molecule has 0 saturated heterocycles. The molecule has 1 fully saturated rings. The fourth-order valence-electron chi connectivity index (χ4n) is 2.53. The first-order chi connectivity index (χ1) is 11.7. The summed E-state index contributed by atoms with van der Waals surface area (Å²) in [5.41, 5.74) is 1.43. The average molecular weight is 340 g/mol. The van der Waals surface area contributed by atoms with Gasteiger partial charge in [0, 0.05) is 11.4 Å². The van der Waals surface area contributed by atoms with E-state index < -0.39 is 0 Å². The van der Waals surface area contributed by atoms with Gasteiger partial charge < -0.3 is 10.6 Å². The van der Waals surface area contributed by atoms with Crippen LogP contribution in [0.5, 0.6) is 0 Å². The first-order valence-corrected chi connectivity index (χ1v) is 8.67. The van der Waals surface area contributed by atoms with Crippen LogP contribution >= 0.6 is 11.3 Å². The minimum atomic E-state index is -0.202. The normalized spacial score (nSPS) is 13.8. The number of anilines is 1. The van der Waals surface area contributed by atoms with E-state index in [0.717, 1.165) is 23.7 Å². The van der Waals surface area contributed by atoms with E-state index in [1.807, 2.05) is 24.3 Å². The van der Waals surface area contributed by atoms with Crippen molar-refractivity contribution in [1.82, 2.24) is 15.1 Å². The number of benzene rings is 1. The van der Waals surface area contributed by atoms with Gasteiger partial charge in [-0.2, -0.15) is 5.10 Å². The SMILES string of the molecule is O=C(Cn1ncc2ccccc21)Nc1sccc1C(=O)NC1CC1. The van der Waals surface area contributed by atoms with Crippen LogP contribution in [0.4, 0.5) is 5.00 Å². The molecule has 4 rings (SSSR count). The number of rotatable bonds is 5. The number of aromatic nitrogens is 2. The molecular weight excluding hydrogens is 324 g/mol. The summed E-state index contributed by atoms with van der Waals surface area (Å²) in [5, 5.41) is 13.4. The lowest BCUT2D eigenvalue weighted by atomic mass is 10.2. The highest BCUT2D eigenvalue weighted by Gasteiger charge is 2.25. The van der Waals surface area contributed by atoms with E-state index in [-0.39, 0.29) is 24.4 Å². The molecular formula is C17H16N4O2S. The van der Waals surface area contributed by atoms with Gasteiger partial charge in [0.2, 0.25) is 5.91 Å². The summed E-state index contributed by atoms with van der Waals surface area (Å²) in [6.07, 6.45) is 3.80. The molecule has 2 N–H and O–H groups in total. The van der Waals surface area contributed by atoms with Crippen molar-refractivity contribution >= 4 is 39.1 Å². The lowest BCUT2D eigenvalue weighted by molar-refractivity contribution is -0.116. The van der Waals surface area contributed by atoms with Gasteiger partial charge in [0.1, 0.15) is 11.5 Å². The molecule has 0 aliphatic heterocycles. The molecule has 24 heavy (non-hydrogen) atoms. The van der Waals surface area contributed by atoms with Gasteiger partial charge in [-0.15, -0.1) is 11.3 Å². The summed E-state index contributed by atoms with van der Waals surface area (Å²) in [5.74, 6) is -0.328. The monoisotopic (exact) mass is 340 g/mol. The van der Waals surface area contributed by atoms with Crippen LogP contribution in [0.3, 0.4) is 0 Å². The topological polar surface area (TPSA) is 76.0 Å². The molecule has 0 radical (unpaired) electrons. The van der Waals surface area contributed by atoms with Crippen molar-refractivity contribution in [3.63, 3.8) is 0 Å². The van der Waals surface area contributed by atoms with E-state index in [2.05, 4.69) is 15.7 Å². The Morgan fingerprint density at radius 2 is 2.08 bits per heavy atom. The number of hydrogen-bond donors (Lipinski definition) is 2. The standard InChI is InChI=1S/C17H16N4O2S/c22-15(10-21-14-4-2-1-3-11(14)9-18-21)20-17-13(7-8-24-17)16(23)19-12-5-6-12/h1-4,7-9,12H,5-6,10H2,(H,19,23)(H,20,22). The van der Waals surface area contributed by atoms with Crippen molar-refractivity contribution in [3.8, 4) is 0 Å². The molecule has 7 heteroatoms. The average Bonchev–Trinajstić information content (AvgIpc) is 3.11. The summed E-state index contributed by atoms with van der Waals surface area (Å²) < 4.78 is 1.65. The number of hydrogen-bond acceptors (Lipinski definition) is 4. The van der Waals surface area contributed by atoms with Gasteiger partial charge >= 0.3 is 0 Å². The maximum atomic E-state index is 12.3. The Morgan fingerprint density at radius 1 is 1.25 bits per heavy atom. The zero-order valence-electron chi connectivity index (χ0n) is 12.9. The minimum Gasteiger partial charge on any atom is -0.349 e. The number of nitrogens with one attached hydrogen (secondary N) is 2. The summed E-state index contributed by atoms with van der Waals surface area (Å²) >= 11 is 1.35. The van der Waals surface area contributed by atoms with Gasteiger partial charge in [-0.1, -0.05) is 18.2 Å². The number of amides is 2. The zero-order chi connectivity index (χ0) is 16.5. The van der Waals surface area contributed by atoms with Gasteiger partial charge in [-0.3, -0.25) is 14.3 Å². The predicted molar refractivity (Wildman–Crippen MR) is 93.2 cm³/mol. The van der Waals surface area contributed by atoms with E-state index >= 15 is 0 Å². The van der Waals surface area contributed by atoms with Crippen molar-refractivity contribution in [2.75, 3.05) is 5.32 Å². The molecule has 2 amide bonds. The molecule has 6 nitrogen and oxygen atoms in total. The Bertz CT molecular complexity index is 910. The highest BCUT2D eigenvalue weighted by molar-refractivity contribution is 7.14. The molecule has 0 unspecified atom stereocenters. The molecule has 1 aliphatic carbocycles. The molecule has 1 aromatic carbocycles. The van der Waals surface area contributed by atoms with E-state index in [0.29, 0.717) is 10.6 Å². The third-order valence-electron chi connectivity index (χ3n) is 3.92. The fourth-order valence-corrected chi connectivity index (χ4v) is 3.33. The third kappa shape index (κ3) is 3.03. The number of carbonyl (C=O) groups excluding carboxylic acids is 2. The van der Waals surface area contributed by atoms with Gasteiger partial charge in [-0.25, -0.2) is 0 Å². The largest absolute Gasteiger partial charge is 0.349 e. The number of para-hydroxylation sites is 1. The van der Waals surface area contributed by atoms with Crippen LogP contribution in [0.1, 0.15) is 23.2 Å². The highest BCUT2D eigenvalue weighted by Crippen LogP contribution is 2.25. The van der Waals surface area contributed by atoms with Crippen molar-refractivity contribution in [2.45, 2.75) is 25.4 Å². The van der Waals surface area contributed by atoms with Crippen LogP contribution in [-0.2, 0) is 11.3 Å². The minimum absolute atomic E-state index is 0.106. The van der Waals surface area contributed by atoms with Gasteiger partial charge in [0.15, 0.2) is 0 Å². The van der Waals surface area contributed by atoms with Gasteiger partial charge in [-0.05, 0) is 30.4 Å². The molecule has 0 spiro atoms. The first kappa shape index (κ1) is 14.9. The molecule has 3 aromatic rings. The summed E-state index contributed by atoms with van der Waals surface area (Å²) in [7, 11) is 0. The highest BCUT2D eigenvalue weighted by atomic mass is 32.1. The van der Waals surface area contributed by atoms with Gasteiger partial charge in [0.05, 0.1) is 17.3 Å². The summed E-state index contributed by atoms with van der Waals surface area (Å²) in [6, 6.07) is 9.76. The Balaban J connectivity index is 1.46. The maximum absolute atomic E-state index is 12.3. The molecule has 122 valence electrons.